The Morgan fingerprint density at radius 3 is 2.38 bits per heavy atom. The molecule has 0 aliphatic carbocycles. The smallest absolute Gasteiger partial charge is 0.255 e. The maximum atomic E-state index is 12.5. The summed E-state index contributed by atoms with van der Waals surface area (Å²) in [5, 5.41) is 2.93. The average Bonchev–Trinajstić information content (AvgIpc) is 2.74. The van der Waals surface area contributed by atoms with Crippen molar-refractivity contribution >= 4 is 33.4 Å². The number of sulfonamides is 1. The summed E-state index contributed by atoms with van der Waals surface area (Å²) in [6.07, 6.45) is 2.00. The molecule has 29 heavy (non-hydrogen) atoms. The van der Waals surface area contributed by atoms with Crippen molar-refractivity contribution in [1.82, 2.24) is 9.21 Å². The van der Waals surface area contributed by atoms with Crippen molar-refractivity contribution in [3.8, 4) is 0 Å². The second kappa shape index (κ2) is 9.75. The van der Waals surface area contributed by atoms with Crippen LogP contribution in [0.3, 0.4) is 0 Å². The van der Waals surface area contributed by atoms with Gasteiger partial charge in [-0.15, -0.1) is 11.8 Å². The van der Waals surface area contributed by atoms with E-state index < -0.39 is 10.0 Å². The number of benzene rings is 2. The van der Waals surface area contributed by atoms with Crippen molar-refractivity contribution in [3.05, 3.63) is 59.7 Å². The molecule has 1 aliphatic rings. The van der Waals surface area contributed by atoms with Crippen LogP contribution in [0.5, 0.6) is 0 Å². The van der Waals surface area contributed by atoms with E-state index in [9.17, 15) is 13.2 Å². The summed E-state index contributed by atoms with van der Waals surface area (Å²) in [7, 11) is -3.10. The molecule has 0 radical (unpaired) electrons. The highest BCUT2D eigenvalue weighted by Crippen LogP contribution is 2.20. The summed E-state index contributed by atoms with van der Waals surface area (Å²) in [5.74, 6) is 0.0196. The van der Waals surface area contributed by atoms with Crippen molar-refractivity contribution < 1.29 is 13.2 Å². The van der Waals surface area contributed by atoms with E-state index in [2.05, 4.69) is 10.2 Å². The number of carbonyl (C=O) groups excluding carboxylic acids is 1. The third kappa shape index (κ3) is 5.82. The Balaban J connectivity index is 1.54. The number of nitrogens with one attached hydrogen (secondary N) is 1. The van der Waals surface area contributed by atoms with Gasteiger partial charge in [0.2, 0.25) is 10.0 Å². The van der Waals surface area contributed by atoms with Gasteiger partial charge < -0.3 is 5.32 Å². The van der Waals surface area contributed by atoms with Crippen molar-refractivity contribution in [2.75, 3.05) is 43.5 Å². The second-order valence-electron chi connectivity index (χ2n) is 6.96. The van der Waals surface area contributed by atoms with E-state index in [0.717, 1.165) is 22.7 Å². The van der Waals surface area contributed by atoms with Crippen LogP contribution in [-0.4, -0.2) is 61.7 Å². The van der Waals surface area contributed by atoms with Crippen LogP contribution in [0.1, 0.15) is 22.8 Å². The van der Waals surface area contributed by atoms with Crippen LogP contribution in [-0.2, 0) is 16.6 Å². The molecule has 6 nitrogen and oxygen atoms in total. The normalized spacial score (nSPS) is 15.9. The fourth-order valence-electron chi connectivity index (χ4n) is 3.27. The van der Waals surface area contributed by atoms with Crippen molar-refractivity contribution in [2.24, 2.45) is 0 Å². The predicted molar refractivity (Wildman–Crippen MR) is 119 cm³/mol. The number of nitrogens with zero attached hydrogens (tertiary/aromatic N) is 2. The number of piperazine rings is 1. The number of amides is 1. The van der Waals surface area contributed by atoms with Crippen LogP contribution >= 0.6 is 11.8 Å². The first-order valence-corrected chi connectivity index (χ1v) is 12.5. The quantitative estimate of drug-likeness (QED) is 0.680. The molecule has 1 saturated heterocycles. The maximum Gasteiger partial charge on any atom is 0.255 e. The minimum absolute atomic E-state index is 0.131. The number of thioether (sulfide) groups is 1. The summed E-state index contributed by atoms with van der Waals surface area (Å²) >= 11 is 1.63. The lowest BCUT2D eigenvalue weighted by atomic mass is 10.1. The molecule has 0 spiro atoms. The Morgan fingerprint density at radius 2 is 1.76 bits per heavy atom. The zero-order chi connectivity index (χ0) is 20.9. The highest BCUT2D eigenvalue weighted by atomic mass is 32.2. The second-order valence-corrected chi connectivity index (χ2v) is 10.1. The van der Waals surface area contributed by atoms with Crippen LogP contribution in [0.4, 0.5) is 5.69 Å². The monoisotopic (exact) mass is 433 g/mol. The number of carbonyl (C=O) groups is 1. The summed E-state index contributed by atoms with van der Waals surface area (Å²) < 4.78 is 25.5. The van der Waals surface area contributed by atoms with E-state index in [-0.39, 0.29) is 11.7 Å². The van der Waals surface area contributed by atoms with Crippen molar-refractivity contribution in [2.45, 2.75) is 18.4 Å². The van der Waals surface area contributed by atoms with Gasteiger partial charge in [-0.1, -0.05) is 18.2 Å². The van der Waals surface area contributed by atoms with Gasteiger partial charge >= 0.3 is 0 Å². The molecule has 1 aliphatic heterocycles. The topological polar surface area (TPSA) is 69.7 Å². The van der Waals surface area contributed by atoms with Crippen LogP contribution < -0.4 is 5.32 Å². The van der Waals surface area contributed by atoms with Gasteiger partial charge in [0.1, 0.15) is 0 Å². The summed E-state index contributed by atoms with van der Waals surface area (Å²) in [6.45, 7) is 4.93. The molecule has 1 heterocycles. The Kier molecular flexibility index (Phi) is 7.34. The van der Waals surface area contributed by atoms with Gasteiger partial charge in [-0.25, -0.2) is 8.42 Å². The van der Waals surface area contributed by atoms with Crippen molar-refractivity contribution in [1.29, 1.82) is 0 Å². The molecule has 1 amide bonds. The molecule has 0 aromatic heterocycles. The van der Waals surface area contributed by atoms with Crippen LogP contribution in [0, 0.1) is 0 Å². The van der Waals surface area contributed by atoms with Crippen LogP contribution in [0.15, 0.2) is 53.4 Å². The lowest BCUT2D eigenvalue weighted by Crippen LogP contribution is -2.48. The zero-order valence-corrected chi connectivity index (χ0v) is 18.4. The highest BCUT2D eigenvalue weighted by Gasteiger charge is 2.25. The molecule has 2 aromatic carbocycles. The van der Waals surface area contributed by atoms with E-state index in [4.69, 9.17) is 0 Å². The van der Waals surface area contributed by atoms with Gasteiger partial charge in [-0.2, -0.15) is 4.31 Å². The summed E-state index contributed by atoms with van der Waals surface area (Å²) in [5.41, 5.74) is 2.51. The Bertz CT molecular complexity index is 938. The fourth-order valence-corrected chi connectivity index (χ4v) is 4.82. The fraction of sp³-hybridized carbons (Fsp3) is 0.381. The maximum absolute atomic E-state index is 12.5. The lowest BCUT2D eigenvalue weighted by Gasteiger charge is -2.33. The van der Waals surface area contributed by atoms with Gasteiger partial charge in [-0.05, 0) is 49.1 Å². The number of rotatable bonds is 7. The third-order valence-corrected chi connectivity index (χ3v) is 7.65. The van der Waals surface area contributed by atoms with E-state index in [1.54, 1.807) is 23.0 Å². The number of hydrogen-bond acceptors (Lipinski definition) is 5. The van der Waals surface area contributed by atoms with E-state index >= 15 is 0 Å². The van der Waals surface area contributed by atoms with Crippen LogP contribution in [0.2, 0.25) is 0 Å². The van der Waals surface area contributed by atoms with Gasteiger partial charge in [0.05, 0.1) is 5.75 Å². The predicted octanol–water partition coefficient (Wildman–Crippen LogP) is 3.13. The molecule has 1 N–H and O–H groups in total. The van der Waals surface area contributed by atoms with E-state index in [0.29, 0.717) is 31.7 Å². The SMILES string of the molecule is CCS(=O)(=O)N1CCN(Cc2ccc(C(=O)Nc3cccc(SC)c3)cc2)CC1. The first-order valence-electron chi connectivity index (χ1n) is 9.66. The largest absolute Gasteiger partial charge is 0.322 e. The molecule has 1 fully saturated rings. The molecule has 2 aromatic rings. The molecule has 0 bridgehead atoms. The van der Waals surface area contributed by atoms with E-state index in [1.165, 1.54) is 0 Å². The Labute approximate surface area is 177 Å². The first kappa shape index (κ1) is 21.8. The third-order valence-electron chi connectivity index (χ3n) is 5.04. The number of hydrogen-bond donors (Lipinski definition) is 1. The molecule has 3 rings (SSSR count). The van der Waals surface area contributed by atoms with E-state index in [1.807, 2.05) is 54.8 Å². The molecule has 0 saturated carbocycles. The number of anilines is 1. The highest BCUT2D eigenvalue weighted by molar-refractivity contribution is 7.98. The minimum Gasteiger partial charge on any atom is -0.322 e. The van der Waals surface area contributed by atoms with Crippen molar-refractivity contribution in [3.63, 3.8) is 0 Å². The standard InChI is InChI=1S/C21H27N3O3S2/c1-3-29(26,27)24-13-11-23(12-14-24)16-17-7-9-18(10-8-17)21(25)22-19-5-4-6-20(15-19)28-2/h4-10,15H,3,11-14,16H2,1-2H3,(H,22,25). The summed E-state index contributed by atoms with van der Waals surface area (Å²) in [4.78, 5) is 15.8. The average molecular weight is 434 g/mol. The molecule has 8 heteroatoms. The van der Waals surface area contributed by atoms with Gasteiger partial charge in [-0.3, -0.25) is 9.69 Å². The molecular formula is C21H27N3O3S2. The van der Waals surface area contributed by atoms with Gasteiger partial charge in [0, 0.05) is 48.9 Å². The van der Waals surface area contributed by atoms with Gasteiger partial charge in [0.15, 0.2) is 0 Å². The van der Waals surface area contributed by atoms with Gasteiger partial charge in [0.25, 0.3) is 5.91 Å². The zero-order valence-electron chi connectivity index (χ0n) is 16.8. The molecule has 156 valence electrons. The molecule has 0 unspecified atom stereocenters. The van der Waals surface area contributed by atoms with Crippen LogP contribution in [0.25, 0.3) is 0 Å². The Morgan fingerprint density at radius 1 is 1.07 bits per heavy atom. The Hall–Kier alpha value is -1.87. The summed E-state index contributed by atoms with van der Waals surface area (Å²) in [6, 6.07) is 15.4. The first-order chi connectivity index (χ1) is 13.9. The minimum atomic E-state index is -3.10. The molecule has 0 atom stereocenters. The lowest BCUT2D eigenvalue weighted by molar-refractivity contribution is 0.102. The molecular weight excluding hydrogens is 406 g/mol.